The second-order valence-corrected chi connectivity index (χ2v) is 3.01. The third kappa shape index (κ3) is 1.47. The number of allylic oxidation sites excluding steroid dienone is 4. The van der Waals surface area contributed by atoms with Gasteiger partial charge in [-0.1, -0.05) is 31.2 Å². The van der Waals surface area contributed by atoms with Crippen LogP contribution in [0.2, 0.25) is 0 Å². The first-order valence-corrected chi connectivity index (χ1v) is 3.24. The Morgan fingerprint density at radius 3 is 2.20 bits per heavy atom. The molecule has 0 fully saturated rings. The van der Waals surface area contributed by atoms with Gasteiger partial charge in [0.05, 0.1) is 0 Å². The topological polar surface area (TPSA) is 32.6 Å². The van der Waals surface area contributed by atoms with Gasteiger partial charge < -0.3 is 5.21 Å². The Morgan fingerprint density at radius 2 is 1.80 bits per heavy atom. The minimum absolute atomic E-state index is 0.105. The van der Waals surface area contributed by atoms with Crippen LogP contribution in [-0.4, -0.2) is 10.9 Å². The Bertz CT molecular complexity index is 193. The minimum atomic E-state index is 0.105. The highest BCUT2D eigenvalue weighted by molar-refractivity contribution is 6.04. The van der Waals surface area contributed by atoms with Gasteiger partial charge >= 0.3 is 0 Å². The number of hydrogen-bond donors (Lipinski definition) is 1. The molecule has 1 N–H and O–H groups in total. The first kappa shape index (κ1) is 7.06. The summed E-state index contributed by atoms with van der Waals surface area (Å²) in [6.45, 7) is 4.18. The molecule has 0 bridgehead atoms. The van der Waals surface area contributed by atoms with E-state index in [-0.39, 0.29) is 5.41 Å². The SMILES string of the molecule is CC1(C)C=CC(=NO)C=C1. The van der Waals surface area contributed by atoms with Crippen molar-refractivity contribution in [2.75, 3.05) is 0 Å². The molecule has 0 saturated heterocycles. The van der Waals surface area contributed by atoms with Crippen molar-refractivity contribution in [3.8, 4) is 0 Å². The summed E-state index contributed by atoms with van der Waals surface area (Å²) in [5.41, 5.74) is 0.716. The van der Waals surface area contributed by atoms with Crippen molar-refractivity contribution in [3.05, 3.63) is 24.3 Å². The van der Waals surface area contributed by atoms with Crippen LogP contribution in [0.5, 0.6) is 0 Å². The first-order valence-electron chi connectivity index (χ1n) is 3.24. The van der Waals surface area contributed by atoms with Crippen molar-refractivity contribution in [2.45, 2.75) is 13.8 Å². The maximum atomic E-state index is 8.35. The Kier molecular flexibility index (Phi) is 1.62. The number of nitrogens with zero attached hydrogens (tertiary/aromatic N) is 1. The average Bonchev–Trinajstić information content (AvgIpc) is 1.88. The van der Waals surface area contributed by atoms with Gasteiger partial charge in [-0.3, -0.25) is 0 Å². The zero-order valence-corrected chi connectivity index (χ0v) is 6.20. The smallest absolute Gasteiger partial charge is 0.102 e. The fourth-order valence-electron chi connectivity index (χ4n) is 0.778. The quantitative estimate of drug-likeness (QED) is 0.402. The van der Waals surface area contributed by atoms with Crippen LogP contribution in [0, 0.1) is 5.41 Å². The predicted molar refractivity (Wildman–Crippen MR) is 41.3 cm³/mol. The maximum absolute atomic E-state index is 8.35. The summed E-state index contributed by atoms with van der Waals surface area (Å²) in [6.07, 6.45) is 7.62. The molecule has 1 aliphatic rings. The van der Waals surface area contributed by atoms with Crippen molar-refractivity contribution in [1.29, 1.82) is 0 Å². The lowest BCUT2D eigenvalue weighted by Gasteiger charge is -2.16. The molecular formula is C8H11NO. The molecule has 0 spiro atoms. The third-order valence-electron chi connectivity index (χ3n) is 1.48. The summed E-state index contributed by atoms with van der Waals surface area (Å²) < 4.78 is 0. The summed E-state index contributed by atoms with van der Waals surface area (Å²) in [7, 11) is 0. The monoisotopic (exact) mass is 137 g/mol. The normalized spacial score (nSPS) is 21.2. The molecule has 0 aromatic heterocycles. The molecule has 0 heterocycles. The maximum Gasteiger partial charge on any atom is 0.102 e. The molecule has 0 saturated carbocycles. The first-order chi connectivity index (χ1) is 4.64. The van der Waals surface area contributed by atoms with Gasteiger partial charge in [0.1, 0.15) is 5.71 Å². The molecule has 0 aromatic carbocycles. The van der Waals surface area contributed by atoms with Crippen LogP contribution in [0.25, 0.3) is 0 Å². The molecule has 54 valence electrons. The fraction of sp³-hybridized carbons (Fsp3) is 0.375. The van der Waals surface area contributed by atoms with Crippen molar-refractivity contribution in [2.24, 2.45) is 10.6 Å². The number of oxime groups is 1. The molecule has 10 heavy (non-hydrogen) atoms. The molecule has 0 aliphatic heterocycles. The Labute approximate surface area is 60.6 Å². The van der Waals surface area contributed by atoms with E-state index in [9.17, 15) is 0 Å². The highest BCUT2D eigenvalue weighted by Gasteiger charge is 2.12. The van der Waals surface area contributed by atoms with Crippen molar-refractivity contribution in [3.63, 3.8) is 0 Å². The molecule has 2 nitrogen and oxygen atoms in total. The minimum Gasteiger partial charge on any atom is -0.410 e. The molecule has 2 heteroatoms. The third-order valence-corrected chi connectivity index (χ3v) is 1.48. The molecule has 0 aromatic rings. The van der Waals surface area contributed by atoms with E-state index in [2.05, 4.69) is 19.0 Å². The highest BCUT2D eigenvalue weighted by atomic mass is 16.4. The summed E-state index contributed by atoms with van der Waals surface area (Å²) in [5.74, 6) is 0. The van der Waals surface area contributed by atoms with E-state index in [1.54, 1.807) is 12.2 Å². The van der Waals surface area contributed by atoms with E-state index in [0.29, 0.717) is 5.71 Å². The lowest BCUT2D eigenvalue weighted by molar-refractivity contribution is 0.320. The van der Waals surface area contributed by atoms with Crippen LogP contribution >= 0.6 is 0 Å². The Balaban J connectivity index is 2.81. The van der Waals surface area contributed by atoms with Crippen LogP contribution in [0.4, 0.5) is 0 Å². The molecule has 0 radical (unpaired) electrons. The molecule has 1 aliphatic carbocycles. The standard InChI is InChI=1S/C8H11NO/c1-8(2)5-3-7(9-10)4-6-8/h3-6,10H,1-2H3. The van der Waals surface area contributed by atoms with Gasteiger partial charge in [-0.25, -0.2) is 0 Å². The highest BCUT2D eigenvalue weighted by Crippen LogP contribution is 2.21. The number of rotatable bonds is 0. The molecular weight excluding hydrogens is 126 g/mol. The molecule has 0 amide bonds. The van der Waals surface area contributed by atoms with E-state index in [1.807, 2.05) is 12.2 Å². The van der Waals surface area contributed by atoms with Crippen LogP contribution in [0.3, 0.4) is 0 Å². The van der Waals surface area contributed by atoms with E-state index >= 15 is 0 Å². The van der Waals surface area contributed by atoms with Crippen molar-refractivity contribution < 1.29 is 5.21 Å². The van der Waals surface area contributed by atoms with E-state index in [0.717, 1.165) is 0 Å². The van der Waals surface area contributed by atoms with Gasteiger partial charge in [-0.15, -0.1) is 0 Å². The summed E-state index contributed by atoms with van der Waals surface area (Å²) in [4.78, 5) is 0. The average molecular weight is 137 g/mol. The summed E-state index contributed by atoms with van der Waals surface area (Å²) in [5, 5.41) is 11.4. The summed E-state index contributed by atoms with van der Waals surface area (Å²) in [6, 6.07) is 0. The summed E-state index contributed by atoms with van der Waals surface area (Å²) >= 11 is 0. The van der Waals surface area contributed by atoms with E-state index in [1.165, 1.54) is 0 Å². The zero-order valence-electron chi connectivity index (χ0n) is 6.20. The second-order valence-electron chi connectivity index (χ2n) is 3.01. The zero-order chi connectivity index (χ0) is 7.61. The largest absolute Gasteiger partial charge is 0.410 e. The van der Waals surface area contributed by atoms with Crippen molar-refractivity contribution in [1.82, 2.24) is 0 Å². The second kappa shape index (κ2) is 2.29. The fourth-order valence-corrected chi connectivity index (χ4v) is 0.778. The van der Waals surface area contributed by atoms with Gasteiger partial charge in [0.25, 0.3) is 0 Å². The van der Waals surface area contributed by atoms with E-state index < -0.39 is 0 Å². The lowest BCUT2D eigenvalue weighted by Crippen LogP contribution is -2.08. The van der Waals surface area contributed by atoms with Crippen LogP contribution in [0.1, 0.15) is 13.8 Å². The van der Waals surface area contributed by atoms with Gasteiger partial charge in [0.2, 0.25) is 0 Å². The lowest BCUT2D eigenvalue weighted by atomic mass is 9.88. The predicted octanol–water partition coefficient (Wildman–Crippen LogP) is 1.97. The van der Waals surface area contributed by atoms with E-state index in [4.69, 9.17) is 5.21 Å². The van der Waals surface area contributed by atoms with Crippen LogP contribution in [-0.2, 0) is 0 Å². The van der Waals surface area contributed by atoms with Gasteiger partial charge in [0.15, 0.2) is 0 Å². The van der Waals surface area contributed by atoms with Gasteiger partial charge in [-0.05, 0) is 12.2 Å². The van der Waals surface area contributed by atoms with Gasteiger partial charge in [0, 0.05) is 5.41 Å². The van der Waals surface area contributed by atoms with Crippen LogP contribution < -0.4 is 0 Å². The van der Waals surface area contributed by atoms with Crippen LogP contribution in [0.15, 0.2) is 29.5 Å². The molecule has 0 unspecified atom stereocenters. The van der Waals surface area contributed by atoms with Crippen molar-refractivity contribution >= 4 is 5.71 Å². The number of hydrogen-bond acceptors (Lipinski definition) is 2. The Hall–Kier alpha value is -1.05. The molecule has 0 atom stereocenters. The Morgan fingerprint density at radius 1 is 1.30 bits per heavy atom. The van der Waals surface area contributed by atoms with Gasteiger partial charge in [-0.2, -0.15) is 0 Å². The molecule has 1 rings (SSSR count).